The van der Waals surface area contributed by atoms with Gasteiger partial charge in [0.25, 0.3) is 0 Å². The van der Waals surface area contributed by atoms with E-state index in [-0.39, 0.29) is 0 Å². The molecule has 1 heterocycles. The molecule has 17 heavy (non-hydrogen) atoms. The first-order valence-electron chi connectivity index (χ1n) is 4.91. The predicted octanol–water partition coefficient (Wildman–Crippen LogP) is 1.64. The number of sulfone groups is 1. The molecule has 5 nitrogen and oxygen atoms in total. The fourth-order valence-electron chi connectivity index (χ4n) is 1.64. The Hall–Kier alpha value is -1.82. The van der Waals surface area contributed by atoms with Gasteiger partial charge in [0, 0.05) is 17.9 Å². The summed E-state index contributed by atoms with van der Waals surface area (Å²) in [5, 5.41) is 3.58. The summed E-state index contributed by atoms with van der Waals surface area (Å²) in [5.74, 6) is 0.815. The quantitative estimate of drug-likeness (QED) is 0.878. The molecule has 0 amide bonds. The molecule has 0 unspecified atom stereocenters. The lowest BCUT2D eigenvalue weighted by Crippen LogP contribution is -1.99. The molecule has 6 heteroatoms. The summed E-state index contributed by atoms with van der Waals surface area (Å²) < 4.78 is 27.9. The van der Waals surface area contributed by atoms with Gasteiger partial charge in [-0.25, -0.2) is 8.42 Å². The minimum atomic E-state index is -3.20. The zero-order valence-electron chi connectivity index (χ0n) is 9.47. The number of aromatic nitrogens is 1. The van der Waals surface area contributed by atoms with E-state index in [0.29, 0.717) is 22.0 Å². The molecule has 0 aliphatic rings. The summed E-state index contributed by atoms with van der Waals surface area (Å²) in [7, 11) is -3.20. The van der Waals surface area contributed by atoms with Crippen LogP contribution in [-0.2, 0) is 9.84 Å². The van der Waals surface area contributed by atoms with Gasteiger partial charge in [0.1, 0.15) is 0 Å². The van der Waals surface area contributed by atoms with Gasteiger partial charge in [-0.15, -0.1) is 0 Å². The monoisotopic (exact) mass is 252 g/mol. The van der Waals surface area contributed by atoms with E-state index in [0.717, 1.165) is 5.56 Å². The van der Waals surface area contributed by atoms with Gasteiger partial charge in [0.2, 0.25) is 0 Å². The number of benzene rings is 1. The maximum absolute atomic E-state index is 11.4. The topological polar surface area (TPSA) is 86.2 Å². The molecule has 2 aromatic rings. The minimum Gasteiger partial charge on any atom is -0.381 e. The standard InChI is InChI=1S/C11H12N2O3S/c1-7-5-8(9-6-11(12)13-16-9)3-4-10(7)17(2,14)15/h3-6H,1-2H3,(H2,12,13). The van der Waals surface area contributed by atoms with Crippen molar-refractivity contribution in [1.29, 1.82) is 0 Å². The Labute approximate surface area is 99.1 Å². The van der Waals surface area contributed by atoms with Crippen LogP contribution in [0.5, 0.6) is 0 Å². The van der Waals surface area contributed by atoms with E-state index in [4.69, 9.17) is 10.3 Å². The summed E-state index contributed by atoms with van der Waals surface area (Å²) in [6, 6.07) is 6.55. The van der Waals surface area contributed by atoms with Gasteiger partial charge in [-0.1, -0.05) is 5.16 Å². The third kappa shape index (κ3) is 2.31. The molecule has 1 aromatic heterocycles. The Morgan fingerprint density at radius 1 is 1.29 bits per heavy atom. The first-order chi connectivity index (χ1) is 7.88. The van der Waals surface area contributed by atoms with E-state index in [1.54, 1.807) is 31.2 Å². The van der Waals surface area contributed by atoms with Gasteiger partial charge < -0.3 is 10.3 Å². The number of nitrogens with zero attached hydrogens (tertiary/aromatic N) is 1. The molecule has 2 N–H and O–H groups in total. The molecule has 0 saturated heterocycles. The highest BCUT2D eigenvalue weighted by Crippen LogP contribution is 2.25. The van der Waals surface area contributed by atoms with Gasteiger partial charge in [0.05, 0.1) is 4.90 Å². The second-order valence-electron chi connectivity index (χ2n) is 3.87. The van der Waals surface area contributed by atoms with E-state index in [1.165, 1.54) is 6.26 Å². The highest BCUT2D eigenvalue weighted by atomic mass is 32.2. The van der Waals surface area contributed by atoms with Crippen LogP contribution < -0.4 is 5.73 Å². The maximum Gasteiger partial charge on any atom is 0.175 e. The number of hydrogen-bond acceptors (Lipinski definition) is 5. The lowest BCUT2D eigenvalue weighted by atomic mass is 10.1. The van der Waals surface area contributed by atoms with Gasteiger partial charge in [0.15, 0.2) is 21.4 Å². The van der Waals surface area contributed by atoms with Gasteiger partial charge >= 0.3 is 0 Å². The summed E-state index contributed by atoms with van der Waals surface area (Å²) in [5.41, 5.74) is 6.87. The van der Waals surface area contributed by atoms with Crippen molar-refractivity contribution in [3.63, 3.8) is 0 Å². The predicted molar refractivity (Wildman–Crippen MR) is 64.2 cm³/mol. The third-order valence-corrected chi connectivity index (χ3v) is 3.64. The highest BCUT2D eigenvalue weighted by molar-refractivity contribution is 7.90. The fourth-order valence-corrected chi connectivity index (χ4v) is 2.60. The van der Waals surface area contributed by atoms with Crippen LogP contribution in [0.1, 0.15) is 5.56 Å². The van der Waals surface area contributed by atoms with Gasteiger partial charge in [-0.3, -0.25) is 0 Å². The van der Waals surface area contributed by atoms with Crippen LogP contribution in [0, 0.1) is 6.92 Å². The zero-order valence-corrected chi connectivity index (χ0v) is 10.3. The lowest BCUT2D eigenvalue weighted by Gasteiger charge is -2.04. The Kier molecular flexibility index (Phi) is 2.66. The van der Waals surface area contributed by atoms with Crippen molar-refractivity contribution in [3.8, 4) is 11.3 Å². The summed E-state index contributed by atoms with van der Waals surface area (Å²) in [6.45, 7) is 1.74. The average Bonchev–Trinajstić information content (AvgIpc) is 2.62. The van der Waals surface area contributed by atoms with Gasteiger partial charge in [-0.05, 0) is 30.7 Å². The maximum atomic E-state index is 11.4. The Balaban J connectivity index is 2.52. The van der Waals surface area contributed by atoms with Crippen LogP contribution in [-0.4, -0.2) is 19.8 Å². The number of nitrogens with two attached hydrogens (primary N) is 1. The smallest absolute Gasteiger partial charge is 0.175 e. The molecule has 0 aliphatic carbocycles. The number of rotatable bonds is 2. The van der Waals surface area contributed by atoms with Crippen molar-refractivity contribution < 1.29 is 12.9 Å². The molecule has 0 aliphatic heterocycles. The van der Waals surface area contributed by atoms with Crippen LogP contribution in [0.3, 0.4) is 0 Å². The second-order valence-corrected chi connectivity index (χ2v) is 5.85. The molecule has 0 saturated carbocycles. The second kappa shape index (κ2) is 3.89. The van der Waals surface area contributed by atoms with Crippen LogP contribution >= 0.6 is 0 Å². The summed E-state index contributed by atoms with van der Waals surface area (Å²) in [4.78, 5) is 0.314. The van der Waals surface area contributed by atoms with E-state index in [2.05, 4.69) is 5.16 Å². The van der Waals surface area contributed by atoms with Crippen molar-refractivity contribution in [2.45, 2.75) is 11.8 Å². The SMILES string of the molecule is Cc1cc(-c2cc(N)no2)ccc1S(C)(=O)=O. The fraction of sp³-hybridized carbons (Fsp3) is 0.182. The van der Waals surface area contributed by atoms with E-state index in [1.807, 2.05) is 0 Å². The van der Waals surface area contributed by atoms with Crippen LogP contribution in [0.4, 0.5) is 5.82 Å². The Morgan fingerprint density at radius 3 is 2.47 bits per heavy atom. The van der Waals surface area contributed by atoms with Crippen LogP contribution in [0.2, 0.25) is 0 Å². The Morgan fingerprint density at radius 2 is 2.00 bits per heavy atom. The number of nitrogen functional groups attached to an aromatic ring is 1. The van der Waals surface area contributed by atoms with Crippen molar-refractivity contribution in [1.82, 2.24) is 5.16 Å². The largest absolute Gasteiger partial charge is 0.381 e. The average molecular weight is 252 g/mol. The first kappa shape index (κ1) is 11.7. The molecule has 0 fully saturated rings. The third-order valence-electron chi connectivity index (χ3n) is 2.39. The number of aryl methyl sites for hydroxylation is 1. The highest BCUT2D eigenvalue weighted by Gasteiger charge is 2.12. The molecule has 90 valence electrons. The van der Waals surface area contributed by atoms with Gasteiger partial charge in [-0.2, -0.15) is 0 Å². The van der Waals surface area contributed by atoms with Crippen LogP contribution in [0.25, 0.3) is 11.3 Å². The summed E-state index contributed by atoms with van der Waals surface area (Å²) >= 11 is 0. The minimum absolute atomic E-state index is 0.296. The molecule has 0 atom stereocenters. The lowest BCUT2D eigenvalue weighted by molar-refractivity contribution is 0.436. The van der Waals surface area contributed by atoms with E-state index < -0.39 is 9.84 Å². The molecular weight excluding hydrogens is 240 g/mol. The van der Waals surface area contributed by atoms with Crippen molar-refractivity contribution in [3.05, 3.63) is 29.8 Å². The zero-order chi connectivity index (χ0) is 12.6. The molecule has 0 spiro atoms. The normalized spacial score (nSPS) is 11.6. The van der Waals surface area contributed by atoms with Crippen molar-refractivity contribution in [2.24, 2.45) is 0 Å². The summed E-state index contributed by atoms with van der Waals surface area (Å²) in [6.07, 6.45) is 1.18. The molecule has 1 aromatic carbocycles. The molecule has 0 bridgehead atoms. The number of hydrogen-bond donors (Lipinski definition) is 1. The van der Waals surface area contributed by atoms with E-state index >= 15 is 0 Å². The number of anilines is 1. The van der Waals surface area contributed by atoms with E-state index in [9.17, 15) is 8.42 Å². The molecule has 2 rings (SSSR count). The van der Waals surface area contributed by atoms with Crippen LogP contribution in [0.15, 0.2) is 33.7 Å². The Bertz CT molecular complexity index is 659. The van der Waals surface area contributed by atoms with Crippen molar-refractivity contribution in [2.75, 3.05) is 12.0 Å². The first-order valence-corrected chi connectivity index (χ1v) is 6.80. The van der Waals surface area contributed by atoms with Crippen molar-refractivity contribution >= 4 is 15.7 Å². The molecule has 0 radical (unpaired) electrons. The molecular formula is C11H12N2O3S.